The zero-order chi connectivity index (χ0) is 13.8. The molecule has 1 N–H and O–H groups in total. The molecule has 5 heteroatoms. The highest BCUT2D eigenvalue weighted by atomic mass is 32.2. The lowest BCUT2D eigenvalue weighted by Crippen LogP contribution is -2.28. The van der Waals surface area contributed by atoms with E-state index >= 15 is 0 Å². The lowest BCUT2D eigenvalue weighted by atomic mass is 10.2. The van der Waals surface area contributed by atoms with Crippen LogP contribution in [0.5, 0.6) is 5.75 Å². The molecule has 20 heavy (non-hydrogen) atoms. The third-order valence-electron chi connectivity index (χ3n) is 3.34. The van der Waals surface area contributed by atoms with E-state index < -0.39 is 0 Å². The molecule has 0 amide bonds. The number of rotatable bonds is 5. The second kappa shape index (κ2) is 6.78. The summed E-state index contributed by atoms with van der Waals surface area (Å²) in [5.41, 5.74) is 0.842. The van der Waals surface area contributed by atoms with Crippen LogP contribution >= 0.6 is 23.5 Å². The summed E-state index contributed by atoms with van der Waals surface area (Å²) >= 11 is 4.13. The largest absolute Gasteiger partial charge is 0.493 e. The van der Waals surface area contributed by atoms with Gasteiger partial charge in [-0.25, -0.2) is 0 Å². The van der Waals surface area contributed by atoms with Crippen LogP contribution in [-0.2, 0) is 6.54 Å². The minimum atomic E-state index is 0.729. The van der Waals surface area contributed by atoms with E-state index in [0.29, 0.717) is 0 Å². The summed E-state index contributed by atoms with van der Waals surface area (Å²) in [7, 11) is 1.67. The van der Waals surface area contributed by atoms with E-state index in [1.165, 1.54) is 17.3 Å². The topological polar surface area (TPSA) is 34.4 Å². The number of thioether (sulfide) groups is 2. The number of para-hydroxylation sites is 1. The van der Waals surface area contributed by atoms with E-state index in [2.05, 4.69) is 41.0 Å². The van der Waals surface area contributed by atoms with Crippen LogP contribution in [0.2, 0.25) is 0 Å². The molecule has 0 radical (unpaired) electrons. The number of fused-ring (bicyclic) bond motifs is 1. The maximum atomic E-state index is 5.88. The number of hydrogen-bond donors (Lipinski definition) is 1. The van der Waals surface area contributed by atoms with Crippen molar-refractivity contribution in [2.24, 2.45) is 0 Å². The number of nitrogens with one attached hydrogen (secondary N) is 1. The number of hydrogen-bond acceptors (Lipinski definition) is 5. The molecular weight excluding hydrogens is 290 g/mol. The van der Waals surface area contributed by atoms with Crippen LogP contribution in [0.15, 0.2) is 28.7 Å². The molecule has 1 aliphatic rings. The van der Waals surface area contributed by atoms with Crippen LogP contribution in [0.4, 0.5) is 0 Å². The molecule has 0 saturated carbocycles. The van der Waals surface area contributed by atoms with Crippen LogP contribution in [0.1, 0.15) is 5.76 Å². The fraction of sp³-hybridized carbons (Fsp3) is 0.467. The zero-order valence-electron chi connectivity index (χ0n) is 11.6. The van der Waals surface area contributed by atoms with E-state index in [0.717, 1.165) is 40.8 Å². The van der Waals surface area contributed by atoms with Crippen molar-refractivity contribution in [1.82, 2.24) is 5.32 Å². The Kier molecular flexibility index (Phi) is 4.81. The van der Waals surface area contributed by atoms with Crippen LogP contribution in [0, 0.1) is 0 Å². The Labute approximate surface area is 127 Å². The quantitative estimate of drug-likeness (QED) is 0.916. The van der Waals surface area contributed by atoms with E-state index in [9.17, 15) is 0 Å². The van der Waals surface area contributed by atoms with Gasteiger partial charge in [-0.2, -0.15) is 23.5 Å². The molecule has 1 saturated heterocycles. The molecule has 0 bridgehead atoms. The summed E-state index contributed by atoms with van der Waals surface area (Å²) in [4.78, 5) is 0. The summed E-state index contributed by atoms with van der Waals surface area (Å²) in [6.45, 7) is 1.82. The monoisotopic (exact) mass is 309 g/mol. The first kappa shape index (κ1) is 14.2. The van der Waals surface area contributed by atoms with Gasteiger partial charge in [0.25, 0.3) is 0 Å². The van der Waals surface area contributed by atoms with Gasteiger partial charge in [0.1, 0.15) is 5.76 Å². The molecule has 1 fully saturated rings. The standard InChI is InChI=1S/C15H19NO2S2/c1-17-14-4-2-3-11-7-12(18-15(11)14)8-16-9-13-10-19-5-6-20-13/h2-4,7,13,16H,5-6,8-10H2,1H3. The maximum absolute atomic E-state index is 5.88. The van der Waals surface area contributed by atoms with Gasteiger partial charge in [0.05, 0.1) is 13.7 Å². The normalized spacial score (nSPS) is 19.4. The highest BCUT2D eigenvalue weighted by Crippen LogP contribution is 2.28. The maximum Gasteiger partial charge on any atom is 0.176 e. The van der Waals surface area contributed by atoms with E-state index in [4.69, 9.17) is 9.15 Å². The fourth-order valence-electron chi connectivity index (χ4n) is 2.35. The molecule has 2 heterocycles. The van der Waals surface area contributed by atoms with Crippen molar-refractivity contribution in [3.05, 3.63) is 30.0 Å². The zero-order valence-corrected chi connectivity index (χ0v) is 13.2. The molecule has 1 aromatic carbocycles. The summed E-state index contributed by atoms with van der Waals surface area (Å²) in [5.74, 6) is 5.60. The summed E-state index contributed by atoms with van der Waals surface area (Å²) in [5, 5.41) is 5.33. The minimum absolute atomic E-state index is 0.729. The molecule has 1 unspecified atom stereocenters. The Morgan fingerprint density at radius 3 is 3.15 bits per heavy atom. The molecule has 1 aromatic heterocycles. The molecule has 2 aromatic rings. The number of benzene rings is 1. The van der Waals surface area contributed by atoms with Crippen LogP contribution < -0.4 is 10.1 Å². The second-order valence-electron chi connectivity index (χ2n) is 4.79. The van der Waals surface area contributed by atoms with Gasteiger partial charge in [0, 0.05) is 34.4 Å². The molecule has 108 valence electrons. The number of ether oxygens (including phenoxy) is 1. The van der Waals surface area contributed by atoms with Gasteiger partial charge >= 0.3 is 0 Å². The molecule has 0 spiro atoms. The van der Waals surface area contributed by atoms with Gasteiger partial charge < -0.3 is 14.5 Å². The number of furan rings is 1. The van der Waals surface area contributed by atoms with Crippen LogP contribution in [0.3, 0.4) is 0 Å². The highest BCUT2D eigenvalue weighted by Gasteiger charge is 2.14. The van der Waals surface area contributed by atoms with E-state index in [1.807, 2.05) is 12.1 Å². The Morgan fingerprint density at radius 2 is 2.35 bits per heavy atom. The summed E-state index contributed by atoms with van der Waals surface area (Å²) in [6.07, 6.45) is 0. The molecule has 0 aliphatic carbocycles. The lowest BCUT2D eigenvalue weighted by molar-refractivity contribution is 0.406. The van der Waals surface area contributed by atoms with E-state index in [-0.39, 0.29) is 0 Å². The van der Waals surface area contributed by atoms with Crippen molar-refractivity contribution in [1.29, 1.82) is 0 Å². The van der Waals surface area contributed by atoms with Crippen molar-refractivity contribution in [3.63, 3.8) is 0 Å². The van der Waals surface area contributed by atoms with E-state index in [1.54, 1.807) is 7.11 Å². The Morgan fingerprint density at radius 1 is 1.40 bits per heavy atom. The highest BCUT2D eigenvalue weighted by molar-refractivity contribution is 8.06. The SMILES string of the molecule is COc1cccc2cc(CNCC3CSCCS3)oc12. The van der Waals surface area contributed by atoms with Gasteiger partial charge in [-0.05, 0) is 12.1 Å². The second-order valence-corrected chi connectivity index (χ2v) is 7.35. The number of methoxy groups -OCH3 is 1. The minimum Gasteiger partial charge on any atom is -0.493 e. The first-order valence-electron chi connectivity index (χ1n) is 6.82. The van der Waals surface area contributed by atoms with Gasteiger partial charge in [0.2, 0.25) is 0 Å². The third kappa shape index (κ3) is 3.27. The van der Waals surface area contributed by atoms with Crippen molar-refractivity contribution >= 4 is 34.5 Å². The fourth-order valence-corrected chi connectivity index (χ4v) is 4.99. The summed E-state index contributed by atoms with van der Waals surface area (Å²) in [6, 6.07) is 8.06. The lowest BCUT2D eigenvalue weighted by Gasteiger charge is -2.20. The molecule has 3 nitrogen and oxygen atoms in total. The van der Waals surface area contributed by atoms with Gasteiger partial charge in [-0.3, -0.25) is 0 Å². The summed E-state index contributed by atoms with van der Waals surface area (Å²) < 4.78 is 11.2. The Balaban J connectivity index is 1.60. The average molecular weight is 309 g/mol. The predicted molar refractivity (Wildman–Crippen MR) is 88.0 cm³/mol. The Hall–Kier alpha value is -0.780. The third-order valence-corrected chi connectivity index (χ3v) is 6.18. The van der Waals surface area contributed by atoms with Crippen LogP contribution in [-0.4, -0.2) is 36.2 Å². The first-order chi connectivity index (χ1) is 9.86. The van der Waals surface area contributed by atoms with Crippen LogP contribution in [0.25, 0.3) is 11.0 Å². The first-order valence-corrected chi connectivity index (χ1v) is 9.02. The smallest absolute Gasteiger partial charge is 0.176 e. The molecule has 3 rings (SSSR count). The molecule has 1 atom stereocenters. The van der Waals surface area contributed by atoms with Crippen molar-refractivity contribution in [2.45, 2.75) is 11.8 Å². The molecule has 1 aliphatic heterocycles. The van der Waals surface area contributed by atoms with Crippen molar-refractivity contribution in [3.8, 4) is 5.75 Å². The molecular formula is C15H19NO2S2. The Bertz CT molecular complexity index is 564. The predicted octanol–water partition coefficient (Wildman–Crippen LogP) is 3.38. The van der Waals surface area contributed by atoms with Crippen molar-refractivity contribution < 1.29 is 9.15 Å². The van der Waals surface area contributed by atoms with Gasteiger partial charge in [-0.15, -0.1) is 0 Å². The van der Waals surface area contributed by atoms with Gasteiger partial charge in [0.15, 0.2) is 11.3 Å². The average Bonchev–Trinajstić information content (AvgIpc) is 2.91. The van der Waals surface area contributed by atoms with Crippen molar-refractivity contribution in [2.75, 3.05) is 30.9 Å². The van der Waals surface area contributed by atoms with Gasteiger partial charge in [-0.1, -0.05) is 12.1 Å².